The van der Waals surface area contributed by atoms with Crippen LogP contribution in [0, 0.1) is 6.92 Å². The van der Waals surface area contributed by atoms with E-state index in [1.54, 1.807) is 25.2 Å². The molecule has 0 aliphatic carbocycles. The zero-order valence-electron chi connectivity index (χ0n) is 13.9. The molecule has 1 heterocycles. The predicted molar refractivity (Wildman–Crippen MR) is 99.5 cm³/mol. The van der Waals surface area contributed by atoms with Gasteiger partial charge >= 0.3 is 5.97 Å². The Morgan fingerprint density at radius 1 is 1.33 bits per heavy atom. The second-order valence-electron chi connectivity index (χ2n) is 5.41. The van der Waals surface area contributed by atoms with E-state index in [4.69, 9.17) is 4.74 Å². The van der Waals surface area contributed by atoms with Crippen molar-refractivity contribution in [3.8, 4) is 11.3 Å². The molecule has 0 radical (unpaired) electrons. The molecule has 0 spiro atoms. The van der Waals surface area contributed by atoms with Crippen LogP contribution in [0.5, 0.6) is 0 Å². The molecular weight excluding hydrogens is 344 g/mol. The van der Waals surface area contributed by atoms with Gasteiger partial charge in [-0.25, -0.2) is 4.98 Å². The summed E-state index contributed by atoms with van der Waals surface area (Å²) in [4.78, 5) is 27.8. The average Bonchev–Trinajstić information content (AvgIpc) is 2.93. The number of aryl methyl sites for hydroxylation is 1. The molecule has 5 nitrogen and oxygen atoms in total. The van der Waals surface area contributed by atoms with Crippen LogP contribution in [0.4, 0.5) is 5.69 Å². The zero-order chi connectivity index (χ0) is 17.5. The van der Waals surface area contributed by atoms with Crippen LogP contribution in [-0.4, -0.2) is 34.5 Å². The van der Waals surface area contributed by atoms with Gasteiger partial charge < -0.3 is 10.1 Å². The van der Waals surface area contributed by atoms with Crippen molar-refractivity contribution in [2.45, 2.75) is 26.9 Å². The van der Waals surface area contributed by atoms with Crippen LogP contribution in [0.25, 0.3) is 11.3 Å². The number of thioether (sulfide) groups is 1. The predicted octanol–water partition coefficient (Wildman–Crippen LogP) is 3.74. The lowest BCUT2D eigenvalue weighted by molar-refractivity contribution is -0.144. The first kappa shape index (κ1) is 18.5. The van der Waals surface area contributed by atoms with Crippen LogP contribution in [0.3, 0.4) is 0 Å². The number of benzene rings is 1. The van der Waals surface area contributed by atoms with E-state index in [9.17, 15) is 9.59 Å². The molecule has 0 bridgehead atoms. The molecule has 1 aromatic carbocycles. The molecule has 1 aromatic heterocycles. The molecular formula is C17H20N2O3S2. The number of hydrogen-bond donors (Lipinski definition) is 1. The van der Waals surface area contributed by atoms with Crippen LogP contribution in [-0.2, 0) is 14.3 Å². The number of nitrogens with one attached hydrogen (secondary N) is 1. The molecule has 128 valence electrons. The summed E-state index contributed by atoms with van der Waals surface area (Å²) in [5.41, 5.74) is 2.58. The third kappa shape index (κ3) is 5.98. The zero-order valence-corrected chi connectivity index (χ0v) is 15.5. The molecule has 0 fully saturated rings. The summed E-state index contributed by atoms with van der Waals surface area (Å²) in [5.74, 6) is -0.0792. The van der Waals surface area contributed by atoms with E-state index in [2.05, 4.69) is 10.3 Å². The third-order valence-electron chi connectivity index (χ3n) is 2.88. The number of rotatable bonds is 7. The standard InChI is InChI=1S/C17H20N2O3S2/c1-11(2)22-17(21)10-23-9-16(20)19-14-6-4-5-13(7-14)15-8-24-12(3)18-15/h4-8,11H,9-10H2,1-3H3,(H,19,20). The second-order valence-corrected chi connectivity index (χ2v) is 7.46. The number of anilines is 1. The Labute approximate surface area is 149 Å². The van der Waals surface area contributed by atoms with Gasteiger partial charge in [0.1, 0.15) is 0 Å². The van der Waals surface area contributed by atoms with Crippen molar-refractivity contribution in [2.75, 3.05) is 16.8 Å². The van der Waals surface area contributed by atoms with E-state index in [-0.39, 0.29) is 29.5 Å². The largest absolute Gasteiger partial charge is 0.462 e. The van der Waals surface area contributed by atoms with Crippen molar-refractivity contribution in [2.24, 2.45) is 0 Å². The van der Waals surface area contributed by atoms with Gasteiger partial charge in [-0.15, -0.1) is 23.1 Å². The number of aromatic nitrogens is 1. The summed E-state index contributed by atoms with van der Waals surface area (Å²) in [6.07, 6.45) is -0.135. The topological polar surface area (TPSA) is 68.3 Å². The summed E-state index contributed by atoms with van der Waals surface area (Å²) < 4.78 is 5.02. The SMILES string of the molecule is Cc1nc(-c2cccc(NC(=O)CSCC(=O)OC(C)C)c2)cs1. The molecule has 0 aliphatic rings. The number of carbonyl (C=O) groups is 2. The van der Waals surface area contributed by atoms with Crippen molar-refractivity contribution in [3.05, 3.63) is 34.7 Å². The quantitative estimate of drug-likeness (QED) is 0.758. The molecule has 0 aliphatic heterocycles. The minimum atomic E-state index is -0.302. The third-order valence-corrected chi connectivity index (χ3v) is 4.56. The molecule has 1 N–H and O–H groups in total. The molecule has 0 unspecified atom stereocenters. The van der Waals surface area contributed by atoms with Crippen molar-refractivity contribution in [1.82, 2.24) is 4.98 Å². The molecule has 1 amide bonds. The van der Waals surface area contributed by atoms with Crippen molar-refractivity contribution in [3.63, 3.8) is 0 Å². The average molecular weight is 364 g/mol. The Kier molecular flexibility index (Phi) is 6.81. The fourth-order valence-electron chi connectivity index (χ4n) is 1.97. The van der Waals surface area contributed by atoms with Crippen LogP contribution >= 0.6 is 23.1 Å². The summed E-state index contributed by atoms with van der Waals surface area (Å²) in [5, 5.41) is 5.83. The molecule has 2 aromatic rings. The number of ether oxygens (including phenoxy) is 1. The fraction of sp³-hybridized carbons (Fsp3) is 0.353. The maximum absolute atomic E-state index is 12.0. The van der Waals surface area contributed by atoms with E-state index in [1.807, 2.05) is 36.6 Å². The highest BCUT2D eigenvalue weighted by atomic mass is 32.2. The fourth-order valence-corrected chi connectivity index (χ4v) is 3.19. The number of hydrogen-bond acceptors (Lipinski definition) is 6. The second kappa shape index (κ2) is 8.84. The number of esters is 1. The minimum Gasteiger partial charge on any atom is -0.462 e. The smallest absolute Gasteiger partial charge is 0.316 e. The number of amides is 1. The molecule has 0 saturated heterocycles. The highest BCUT2D eigenvalue weighted by molar-refractivity contribution is 8.00. The van der Waals surface area contributed by atoms with E-state index in [1.165, 1.54) is 11.8 Å². The molecule has 0 atom stereocenters. The Bertz CT molecular complexity index is 713. The maximum Gasteiger partial charge on any atom is 0.316 e. The van der Waals surface area contributed by atoms with Gasteiger partial charge in [0.25, 0.3) is 0 Å². The summed E-state index contributed by atoms with van der Waals surface area (Å²) in [7, 11) is 0. The first-order valence-corrected chi connectivity index (χ1v) is 9.57. The van der Waals surface area contributed by atoms with Gasteiger partial charge in [-0.2, -0.15) is 0 Å². The Balaban J connectivity index is 1.85. The molecule has 24 heavy (non-hydrogen) atoms. The Morgan fingerprint density at radius 3 is 2.79 bits per heavy atom. The van der Waals surface area contributed by atoms with Gasteiger partial charge in [0, 0.05) is 16.6 Å². The van der Waals surface area contributed by atoms with Crippen LogP contribution in [0.1, 0.15) is 18.9 Å². The minimum absolute atomic E-state index is 0.135. The first-order valence-electron chi connectivity index (χ1n) is 7.53. The Morgan fingerprint density at radius 2 is 2.12 bits per heavy atom. The van der Waals surface area contributed by atoms with Gasteiger partial charge in [0.05, 0.1) is 28.3 Å². The maximum atomic E-state index is 12.0. The van der Waals surface area contributed by atoms with Crippen molar-refractivity contribution >= 4 is 40.7 Å². The van der Waals surface area contributed by atoms with E-state index in [0.29, 0.717) is 5.69 Å². The lowest BCUT2D eigenvalue weighted by atomic mass is 10.1. The summed E-state index contributed by atoms with van der Waals surface area (Å²) in [6, 6.07) is 7.57. The van der Waals surface area contributed by atoms with Crippen molar-refractivity contribution in [1.29, 1.82) is 0 Å². The highest BCUT2D eigenvalue weighted by Gasteiger charge is 2.09. The lowest BCUT2D eigenvalue weighted by Gasteiger charge is -2.08. The lowest BCUT2D eigenvalue weighted by Crippen LogP contribution is -2.17. The normalized spacial score (nSPS) is 10.7. The molecule has 0 saturated carbocycles. The van der Waals surface area contributed by atoms with Crippen LogP contribution in [0.2, 0.25) is 0 Å². The summed E-state index contributed by atoms with van der Waals surface area (Å²) >= 11 is 2.83. The van der Waals surface area contributed by atoms with Crippen molar-refractivity contribution < 1.29 is 14.3 Å². The number of nitrogens with zero attached hydrogens (tertiary/aromatic N) is 1. The summed E-state index contributed by atoms with van der Waals surface area (Å²) in [6.45, 7) is 5.56. The van der Waals surface area contributed by atoms with Gasteiger partial charge in [-0.1, -0.05) is 12.1 Å². The van der Waals surface area contributed by atoms with Gasteiger partial charge in [0.15, 0.2) is 0 Å². The van der Waals surface area contributed by atoms with Gasteiger partial charge in [-0.3, -0.25) is 9.59 Å². The van der Waals surface area contributed by atoms with Gasteiger partial charge in [-0.05, 0) is 32.9 Å². The molecule has 7 heteroatoms. The van der Waals surface area contributed by atoms with Gasteiger partial charge in [0.2, 0.25) is 5.91 Å². The Hall–Kier alpha value is -1.86. The van der Waals surface area contributed by atoms with E-state index < -0.39 is 0 Å². The highest BCUT2D eigenvalue weighted by Crippen LogP contribution is 2.24. The van der Waals surface area contributed by atoms with E-state index >= 15 is 0 Å². The van der Waals surface area contributed by atoms with Crippen LogP contribution in [0.15, 0.2) is 29.6 Å². The number of thiazole rings is 1. The molecule has 2 rings (SSSR count). The first-order chi connectivity index (χ1) is 11.4. The van der Waals surface area contributed by atoms with Crippen LogP contribution < -0.4 is 5.32 Å². The monoisotopic (exact) mass is 364 g/mol. The van der Waals surface area contributed by atoms with E-state index in [0.717, 1.165) is 16.3 Å². The number of carbonyl (C=O) groups excluding carboxylic acids is 2.